The summed E-state index contributed by atoms with van der Waals surface area (Å²) in [5, 5.41) is 5.18. The Morgan fingerprint density at radius 2 is 1.70 bits per heavy atom. The summed E-state index contributed by atoms with van der Waals surface area (Å²) in [6.45, 7) is -1.66. The van der Waals surface area contributed by atoms with Gasteiger partial charge in [0.15, 0.2) is 0 Å². The Balaban J connectivity index is 1.59. The Kier molecular flexibility index (Phi) is 6.54. The van der Waals surface area contributed by atoms with Gasteiger partial charge in [0.05, 0.1) is 17.0 Å². The van der Waals surface area contributed by atoms with E-state index in [1.807, 2.05) is 30.3 Å². The van der Waals surface area contributed by atoms with Gasteiger partial charge in [0, 0.05) is 16.6 Å². The Labute approximate surface area is 174 Å². The molecule has 0 aliphatic carbocycles. The SMILES string of the molecule is O=C(Cc1csc(-c2ccccc2)n1)Nc1ccc(S(=O)(=O)NCC(F)(F)F)cc1. The third-order valence-corrected chi connectivity index (χ3v) is 6.18. The van der Waals surface area contributed by atoms with Crippen molar-refractivity contribution in [1.29, 1.82) is 0 Å². The highest BCUT2D eigenvalue weighted by molar-refractivity contribution is 7.89. The molecule has 0 radical (unpaired) electrons. The van der Waals surface area contributed by atoms with Gasteiger partial charge in [-0.1, -0.05) is 30.3 Å². The molecular weight excluding hydrogens is 439 g/mol. The highest BCUT2D eigenvalue weighted by atomic mass is 32.2. The molecule has 30 heavy (non-hydrogen) atoms. The maximum atomic E-state index is 12.2. The fraction of sp³-hybridized carbons (Fsp3) is 0.158. The van der Waals surface area contributed by atoms with E-state index in [-0.39, 0.29) is 17.2 Å². The Morgan fingerprint density at radius 1 is 1.03 bits per heavy atom. The maximum Gasteiger partial charge on any atom is 0.402 e. The minimum atomic E-state index is -4.66. The fourth-order valence-corrected chi connectivity index (χ4v) is 4.29. The number of halogens is 3. The number of alkyl halides is 3. The minimum absolute atomic E-state index is 0.0243. The third kappa shape index (κ3) is 6.12. The van der Waals surface area contributed by atoms with Crippen molar-refractivity contribution in [3.05, 3.63) is 65.7 Å². The highest BCUT2D eigenvalue weighted by Crippen LogP contribution is 2.24. The number of nitrogens with zero attached hydrogens (tertiary/aromatic N) is 1. The summed E-state index contributed by atoms with van der Waals surface area (Å²) in [6, 6.07) is 14.4. The van der Waals surface area contributed by atoms with Crippen LogP contribution in [-0.2, 0) is 21.2 Å². The average Bonchev–Trinajstić information content (AvgIpc) is 3.15. The average molecular weight is 455 g/mol. The molecule has 0 unspecified atom stereocenters. The predicted octanol–water partition coefficient (Wildman–Crippen LogP) is 3.83. The number of aromatic nitrogens is 1. The fourth-order valence-electron chi connectivity index (χ4n) is 2.45. The van der Waals surface area contributed by atoms with Crippen molar-refractivity contribution < 1.29 is 26.4 Å². The Morgan fingerprint density at radius 3 is 2.33 bits per heavy atom. The van der Waals surface area contributed by atoms with E-state index < -0.39 is 22.7 Å². The number of amides is 1. The lowest BCUT2D eigenvalue weighted by molar-refractivity contribution is -0.121. The number of hydrogen-bond donors (Lipinski definition) is 2. The summed E-state index contributed by atoms with van der Waals surface area (Å²) in [4.78, 5) is 16.3. The molecule has 1 heterocycles. The van der Waals surface area contributed by atoms with Crippen LogP contribution in [0.3, 0.4) is 0 Å². The first kappa shape index (κ1) is 21.9. The van der Waals surface area contributed by atoms with Gasteiger partial charge in [-0.05, 0) is 24.3 Å². The second-order valence-electron chi connectivity index (χ2n) is 6.20. The number of nitrogens with one attached hydrogen (secondary N) is 2. The van der Waals surface area contributed by atoms with Crippen molar-refractivity contribution in [3.8, 4) is 10.6 Å². The van der Waals surface area contributed by atoms with Crippen LogP contribution >= 0.6 is 11.3 Å². The van der Waals surface area contributed by atoms with Gasteiger partial charge in [-0.3, -0.25) is 4.79 Å². The maximum absolute atomic E-state index is 12.2. The molecule has 2 N–H and O–H groups in total. The number of rotatable bonds is 7. The summed E-state index contributed by atoms with van der Waals surface area (Å²) in [7, 11) is -4.30. The molecule has 158 valence electrons. The van der Waals surface area contributed by atoms with Crippen LogP contribution in [-0.4, -0.2) is 32.0 Å². The highest BCUT2D eigenvalue weighted by Gasteiger charge is 2.30. The number of benzene rings is 2. The molecule has 0 atom stereocenters. The molecule has 1 aromatic heterocycles. The number of hydrogen-bond acceptors (Lipinski definition) is 5. The van der Waals surface area contributed by atoms with Crippen LogP contribution in [0.5, 0.6) is 0 Å². The molecule has 0 fully saturated rings. The van der Waals surface area contributed by atoms with E-state index in [0.29, 0.717) is 11.4 Å². The summed E-state index contributed by atoms with van der Waals surface area (Å²) in [6.07, 6.45) is -4.63. The van der Waals surface area contributed by atoms with Gasteiger partial charge in [-0.15, -0.1) is 11.3 Å². The zero-order valence-electron chi connectivity index (χ0n) is 15.3. The first-order valence-corrected chi connectivity index (χ1v) is 10.9. The van der Waals surface area contributed by atoms with E-state index in [4.69, 9.17) is 0 Å². The molecule has 1 amide bonds. The van der Waals surface area contributed by atoms with Gasteiger partial charge in [0.1, 0.15) is 11.6 Å². The topological polar surface area (TPSA) is 88.2 Å². The molecule has 0 aliphatic rings. The summed E-state index contributed by atoms with van der Waals surface area (Å²) in [5.74, 6) is -0.356. The van der Waals surface area contributed by atoms with Crippen LogP contribution in [0.15, 0.2) is 64.9 Å². The lowest BCUT2D eigenvalue weighted by atomic mass is 10.2. The van der Waals surface area contributed by atoms with Crippen molar-refractivity contribution in [3.63, 3.8) is 0 Å². The molecule has 11 heteroatoms. The van der Waals surface area contributed by atoms with Gasteiger partial charge >= 0.3 is 6.18 Å². The zero-order chi connectivity index (χ0) is 21.8. The number of sulfonamides is 1. The molecule has 0 bridgehead atoms. The molecule has 0 aliphatic heterocycles. The van der Waals surface area contributed by atoms with Gasteiger partial charge in [0.2, 0.25) is 15.9 Å². The lowest BCUT2D eigenvalue weighted by Crippen LogP contribution is -2.33. The standard InChI is InChI=1S/C19H16F3N3O3S2/c20-19(21,22)12-23-30(27,28)16-8-6-14(7-9-16)24-17(26)10-15-11-29-18(25-15)13-4-2-1-3-5-13/h1-9,11,23H,10,12H2,(H,24,26). The van der Waals surface area contributed by atoms with E-state index in [0.717, 1.165) is 22.7 Å². The van der Waals surface area contributed by atoms with Crippen LogP contribution in [0.25, 0.3) is 10.6 Å². The molecule has 0 spiro atoms. The molecular formula is C19H16F3N3O3S2. The molecule has 3 aromatic rings. The minimum Gasteiger partial charge on any atom is -0.326 e. The number of carbonyl (C=O) groups excluding carboxylic acids is 1. The quantitative estimate of drug-likeness (QED) is 0.567. The van der Waals surface area contributed by atoms with Crippen LogP contribution in [0.2, 0.25) is 0 Å². The predicted molar refractivity (Wildman–Crippen MR) is 108 cm³/mol. The monoisotopic (exact) mass is 455 g/mol. The van der Waals surface area contributed by atoms with Gasteiger partial charge in [-0.25, -0.2) is 18.1 Å². The van der Waals surface area contributed by atoms with Crippen molar-refractivity contribution in [2.75, 3.05) is 11.9 Å². The van der Waals surface area contributed by atoms with Gasteiger partial charge in [-0.2, -0.15) is 13.2 Å². The van der Waals surface area contributed by atoms with Crippen LogP contribution in [0.4, 0.5) is 18.9 Å². The van der Waals surface area contributed by atoms with Crippen LogP contribution in [0.1, 0.15) is 5.69 Å². The number of carbonyl (C=O) groups is 1. The number of anilines is 1. The molecule has 3 rings (SSSR count). The first-order valence-electron chi connectivity index (χ1n) is 8.58. The van der Waals surface area contributed by atoms with Crippen molar-refractivity contribution in [1.82, 2.24) is 9.71 Å². The smallest absolute Gasteiger partial charge is 0.326 e. The number of thiazole rings is 1. The van der Waals surface area contributed by atoms with Crippen LogP contribution in [0, 0.1) is 0 Å². The molecule has 2 aromatic carbocycles. The second kappa shape index (κ2) is 8.94. The summed E-state index contributed by atoms with van der Waals surface area (Å²) < 4.78 is 61.8. The third-order valence-electron chi connectivity index (χ3n) is 3.83. The van der Waals surface area contributed by atoms with E-state index in [9.17, 15) is 26.4 Å². The largest absolute Gasteiger partial charge is 0.402 e. The lowest BCUT2D eigenvalue weighted by Gasteiger charge is -2.10. The first-order chi connectivity index (χ1) is 14.1. The van der Waals surface area contributed by atoms with E-state index >= 15 is 0 Å². The van der Waals surface area contributed by atoms with Gasteiger partial charge in [0.25, 0.3) is 0 Å². The van der Waals surface area contributed by atoms with E-state index in [1.54, 1.807) is 5.38 Å². The molecule has 0 saturated heterocycles. The van der Waals surface area contributed by atoms with Crippen molar-refractivity contribution in [2.24, 2.45) is 0 Å². The van der Waals surface area contributed by atoms with Crippen molar-refractivity contribution in [2.45, 2.75) is 17.5 Å². The molecule has 0 saturated carbocycles. The Bertz CT molecular complexity index is 1110. The molecule has 6 nitrogen and oxygen atoms in total. The summed E-state index contributed by atoms with van der Waals surface area (Å²) in [5.41, 5.74) is 1.85. The second-order valence-corrected chi connectivity index (χ2v) is 8.82. The van der Waals surface area contributed by atoms with Crippen molar-refractivity contribution >= 4 is 33.0 Å². The zero-order valence-corrected chi connectivity index (χ0v) is 16.9. The van der Waals surface area contributed by atoms with E-state index in [2.05, 4.69) is 10.3 Å². The Hall–Kier alpha value is -2.76. The summed E-state index contributed by atoms with van der Waals surface area (Å²) >= 11 is 1.42. The van der Waals surface area contributed by atoms with E-state index in [1.165, 1.54) is 28.2 Å². The van der Waals surface area contributed by atoms with Crippen LogP contribution < -0.4 is 10.0 Å². The normalized spacial score (nSPS) is 12.0. The van der Waals surface area contributed by atoms with Gasteiger partial charge < -0.3 is 5.32 Å².